The van der Waals surface area contributed by atoms with Crippen molar-refractivity contribution in [2.24, 2.45) is 0 Å². The average Bonchev–Trinajstić information content (AvgIpc) is 2.02. The van der Waals surface area contributed by atoms with Gasteiger partial charge in [0.05, 0.1) is 0 Å². The molecule has 2 N–H and O–H groups in total. The zero-order chi connectivity index (χ0) is 11.0. The van der Waals surface area contributed by atoms with Crippen molar-refractivity contribution >= 4 is 8.60 Å². The van der Waals surface area contributed by atoms with E-state index in [-0.39, 0.29) is 0 Å². The molecule has 2 atom stereocenters. The van der Waals surface area contributed by atoms with Crippen molar-refractivity contribution in [3.05, 3.63) is 0 Å². The zero-order valence-corrected chi connectivity index (χ0v) is 9.74. The van der Waals surface area contributed by atoms with Gasteiger partial charge in [-0.2, -0.15) is 0 Å². The Morgan fingerprint density at radius 1 is 1.21 bits per heavy atom. The van der Waals surface area contributed by atoms with Crippen molar-refractivity contribution in [3.63, 3.8) is 0 Å². The highest BCUT2D eigenvalue weighted by molar-refractivity contribution is 7.39. The van der Waals surface area contributed by atoms with E-state index in [0.717, 1.165) is 12.8 Å². The molecule has 0 spiro atoms. The molecule has 6 heteroatoms. The summed E-state index contributed by atoms with van der Waals surface area (Å²) < 4.78 is 15.0. The molecule has 0 aliphatic carbocycles. The van der Waals surface area contributed by atoms with Crippen LogP contribution in [-0.4, -0.2) is 29.0 Å². The maximum Gasteiger partial charge on any atom is 0.329 e. The molecule has 0 saturated carbocycles. The highest BCUT2D eigenvalue weighted by Gasteiger charge is 2.12. The third kappa shape index (κ3) is 8.81. The lowest BCUT2D eigenvalue weighted by molar-refractivity contribution is -0.205. The van der Waals surface area contributed by atoms with Gasteiger partial charge in [-0.1, -0.05) is 13.3 Å². The maximum atomic E-state index is 8.53. The molecule has 0 aliphatic heterocycles. The summed E-state index contributed by atoms with van der Waals surface area (Å²) in [6.07, 6.45) is 0.978. The molecule has 0 amide bonds. The number of hydrogen-bond donors (Lipinski definition) is 2. The van der Waals surface area contributed by atoms with E-state index >= 15 is 0 Å². The van der Waals surface area contributed by atoms with Gasteiger partial charge in [-0.05, 0) is 20.3 Å². The average molecular weight is 226 g/mol. The Balaban J connectivity index is 3.44. The summed E-state index contributed by atoms with van der Waals surface area (Å²) in [4.78, 5) is 17.1. The molecule has 0 heterocycles. The first-order valence-corrected chi connectivity index (χ1v) is 5.84. The fraction of sp³-hybridized carbons (Fsp3) is 1.00. The van der Waals surface area contributed by atoms with Gasteiger partial charge in [0, 0.05) is 6.61 Å². The minimum atomic E-state index is -2.37. The summed E-state index contributed by atoms with van der Waals surface area (Å²) in [6, 6.07) is 0. The van der Waals surface area contributed by atoms with Crippen molar-refractivity contribution in [2.45, 2.75) is 46.2 Å². The molecule has 86 valence electrons. The van der Waals surface area contributed by atoms with Gasteiger partial charge in [0.15, 0.2) is 12.6 Å². The molecule has 0 radical (unpaired) electrons. The van der Waals surface area contributed by atoms with Crippen LogP contribution in [0.1, 0.15) is 33.6 Å². The van der Waals surface area contributed by atoms with Crippen LogP contribution in [0.3, 0.4) is 0 Å². The van der Waals surface area contributed by atoms with Gasteiger partial charge in [-0.25, -0.2) is 0 Å². The SMILES string of the molecule is CCCCOC(C)OC(C)OP(O)O. The van der Waals surface area contributed by atoms with Crippen molar-refractivity contribution in [1.29, 1.82) is 0 Å². The van der Waals surface area contributed by atoms with E-state index in [1.165, 1.54) is 0 Å². The van der Waals surface area contributed by atoms with Crippen LogP contribution in [0.25, 0.3) is 0 Å². The monoisotopic (exact) mass is 226 g/mol. The van der Waals surface area contributed by atoms with Crippen LogP contribution in [0, 0.1) is 0 Å². The van der Waals surface area contributed by atoms with Crippen LogP contribution >= 0.6 is 8.60 Å². The van der Waals surface area contributed by atoms with Crippen LogP contribution < -0.4 is 0 Å². The van der Waals surface area contributed by atoms with Gasteiger partial charge in [0.25, 0.3) is 0 Å². The first-order valence-electron chi connectivity index (χ1n) is 4.68. The minimum Gasteiger partial charge on any atom is -0.353 e. The number of unbranched alkanes of at least 4 members (excludes halogenated alkanes) is 1. The summed E-state index contributed by atoms with van der Waals surface area (Å²) in [6.45, 7) is 6.04. The molecule has 0 saturated heterocycles. The first-order chi connectivity index (χ1) is 6.56. The van der Waals surface area contributed by atoms with Gasteiger partial charge in [-0.15, -0.1) is 0 Å². The van der Waals surface area contributed by atoms with E-state index in [1.807, 2.05) is 0 Å². The van der Waals surface area contributed by atoms with Crippen molar-refractivity contribution < 1.29 is 23.8 Å². The third-order valence-electron chi connectivity index (χ3n) is 1.48. The second-order valence-corrected chi connectivity index (χ2v) is 3.57. The van der Waals surface area contributed by atoms with Crippen molar-refractivity contribution in [2.75, 3.05) is 6.61 Å². The predicted molar refractivity (Wildman–Crippen MR) is 53.3 cm³/mol. The lowest BCUT2D eigenvalue weighted by Gasteiger charge is -2.19. The van der Waals surface area contributed by atoms with E-state index < -0.39 is 21.2 Å². The van der Waals surface area contributed by atoms with E-state index in [0.29, 0.717) is 6.61 Å². The molecule has 0 aromatic rings. The van der Waals surface area contributed by atoms with Gasteiger partial charge >= 0.3 is 8.60 Å². The number of rotatable bonds is 8. The molecular formula is C8H19O5P. The number of hydrogen-bond acceptors (Lipinski definition) is 5. The van der Waals surface area contributed by atoms with E-state index in [2.05, 4.69) is 11.4 Å². The van der Waals surface area contributed by atoms with Crippen LogP contribution in [0.5, 0.6) is 0 Å². The Bertz CT molecular complexity index is 133. The molecular weight excluding hydrogens is 207 g/mol. The molecule has 0 bridgehead atoms. The van der Waals surface area contributed by atoms with Gasteiger partial charge in [0.1, 0.15) is 0 Å². The zero-order valence-electron chi connectivity index (χ0n) is 8.84. The predicted octanol–water partition coefficient (Wildman–Crippen LogP) is 1.74. The van der Waals surface area contributed by atoms with Crippen LogP contribution in [0.15, 0.2) is 0 Å². The van der Waals surface area contributed by atoms with Crippen LogP contribution in [0.2, 0.25) is 0 Å². The Morgan fingerprint density at radius 3 is 2.36 bits per heavy atom. The van der Waals surface area contributed by atoms with Crippen LogP contribution in [0.4, 0.5) is 0 Å². The minimum absolute atomic E-state index is 0.397. The standard InChI is InChI=1S/C8H19O5P/c1-4-5-6-11-7(2)12-8(3)13-14(9)10/h7-10H,4-6H2,1-3H3. The smallest absolute Gasteiger partial charge is 0.329 e. The fourth-order valence-electron chi connectivity index (χ4n) is 0.860. The molecule has 0 aliphatic rings. The van der Waals surface area contributed by atoms with E-state index in [4.69, 9.17) is 19.3 Å². The summed E-state index contributed by atoms with van der Waals surface area (Å²) in [5.41, 5.74) is 0. The van der Waals surface area contributed by atoms with Gasteiger partial charge in [-0.3, -0.25) is 4.52 Å². The summed E-state index contributed by atoms with van der Waals surface area (Å²) in [5, 5.41) is 0. The Kier molecular flexibility index (Phi) is 8.67. The Labute approximate surface area is 86.0 Å². The second-order valence-electron chi connectivity index (χ2n) is 2.85. The van der Waals surface area contributed by atoms with Crippen LogP contribution in [-0.2, 0) is 14.0 Å². The molecule has 0 aromatic heterocycles. The first kappa shape index (κ1) is 14.2. The Hall–Kier alpha value is 0.230. The topological polar surface area (TPSA) is 68.2 Å². The third-order valence-corrected chi connectivity index (χ3v) is 1.96. The molecule has 5 nitrogen and oxygen atoms in total. The quantitative estimate of drug-likeness (QED) is 0.375. The van der Waals surface area contributed by atoms with Crippen molar-refractivity contribution in [1.82, 2.24) is 0 Å². The van der Waals surface area contributed by atoms with Gasteiger partial charge in [0.2, 0.25) is 0 Å². The largest absolute Gasteiger partial charge is 0.353 e. The lowest BCUT2D eigenvalue weighted by Crippen LogP contribution is -2.21. The molecule has 0 aromatic carbocycles. The van der Waals surface area contributed by atoms with Gasteiger partial charge < -0.3 is 19.3 Å². The van der Waals surface area contributed by atoms with E-state index in [9.17, 15) is 0 Å². The molecule has 0 fully saturated rings. The van der Waals surface area contributed by atoms with E-state index in [1.54, 1.807) is 13.8 Å². The molecule has 14 heavy (non-hydrogen) atoms. The molecule has 2 unspecified atom stereocenters. The highest BCUT2D eigenvalue weighted by Crippen LogP contribution is 2.27. The summed E-state index contributed by atoms with van der Waals surface area (Å²) in [7, 11) is -2.37. The highest BCUT2D eigenvalue weighted by atomic mass is 31.2. The fourth-order valence-corrected chi connectivity index (χ4v) is 1.18. The van der Waals surface area contributed by atoms with Crippen molar-refractivity contribution in [3.8, 4) is 0 Å². The second kappa shape index (κ2) is 8.53. The summed E-state index contributed by atoms with van der Waals surface area (Å²) >= 11 is 0. The normalized spacial score (nSPS) is 15.9. The lowest BCUT2D eigenvalue weighted by atomic mass is 10.4. The Morgan fingerprint density at radius 2 is 1.86 bits per heavy atom. The maximum absolute atomic E-state index is 8.53. The molecule has 0 rings (SSSR count). The summed E-state index contributed by atoms with van der Waals surface area (Å²) in [5.74, 6) is 0. The number of ether oxygens (including phenoxy) is 2.